The SMILES string of the molecule is C#CCC(O)(CC=C[C@@H]1[C@@H](CCCCCCC(=O)OCCCCCC)[C@@H](O)C[C@H]1O)CCCC. The van der Waals surface area contributed by atoms with Crippen molar-refractivity contribution in [2.45, 2.75) is 134 Å². The molecule has 5 heteroatoms. The Morgan fingerprint density at radius 2 is 1.74 bits per heavy atom. The highest BCUT2D eigenvalue weighted by atomic mass is 16.5. The summed E-state index contributed by atoms with van der Waals surface area (Å²) in [5, 5.41) is 31.7. The fourth-order valence-corrected chi connectivity index (χ4v) is 4.97. The molecule has 0 aromatic heterocycles. The third-order valence-corrected chi connectivity index (χ3v) is 7.13. The summed E-state index contributed by atoms with van der Waals surface area (Å²) in [6.07, 6.45) is 21.6. The van der Waals surface area contributed by atoms with Gasteiger partial charge in [-0.05, 0) is 38.0 Å². The van der Waals surface area contributed by atoms with Gasteiger partial charge in [0.2, 0.25) is 0 Å². The van der Waals surface area contributed by atoms with Gasteiger partial charge in [-0.15, -0.1) is 12.3 Å². The van der Waals surface area contributed by atoms with Crippen LogP contribution in [0.4, 0.5) is 0 Å². The zero-order valence-corrected chi connectivity index (χ0v) is 21.7. The molecular weight excluding hydrogens is 428 g/mol. The lowest BCUT2D eigenvalue weighted by atomic mass is 9.86. The maximum absolute atomic E-state index is 11.8. The van der Waals surface area contributed by atoms with Crippen molar-refractivity contribution in [3.63, 3.8) is 0 Å². The van der Waals surface area contributed by atoms with Gasteiger partial charge in [0, 0.05) is 25.2 Å². The third kappa shape index (κ3) is 12.4. The molecule has 0 radical (unpaired) electrons. The molecule has 5 atom stereocenters. The molecule has 1 aliphatic rings. The molecule has 0 amide bonds. The van der Waals surface area contributed by atoms with Crippen LogP contribution < -0.4 is 0 Å². The summed E-state index contributed by atoms with van der Waals surface area (Å²) >= 11 is 0. The number of esters is 1. The largest absolute Gasteiger partial charge is 0.466 e. The molecule has 0 bridgehead atoms. The molecule has 0 aromatic rings. The number of carbonyl (C=O) groups is 1. The molecule has 0 spiro atoms. The van der Waals surface area contributed by atoms with Crippen LogP contribution in [-0.4, -0.2) is 45.7 Å². The second-order valence-electron chi connectivity index (χ2n) is 10.2. The number of hydrogen-bond donors (Lipinski definition) is 3. The Kier molecular flexibility index (Phi) is 16.2. The van der Waals surface area contributed by atoms with Crippen molar-refractivity contribution in [2.24, 2.45) is 11.8 Å². The molecule has 1 unspecified atom stereocenters. The molecule has 1 saturated carbocycles. The average molecular weight is 479 g/mol. The normalized spacial score (nSPS) is 24.2. The Labute approximate surface area is 208 Å². The van der Waals surface area contributed by atoms with Gasteiger partial charge in [0.15, 0.2) is 0 Å². The van der Waals surface area contributed by atoms with Gasteiger partial charge < -0.3 is 20.1 Å². The Bertz CT molecular complexity index is 610. The van der Waals surface area contributed by atoms with E-state index in [4.69, 9.17) is 11.2 Å². The van der Waals surface area contributed by atoms with Crippen LogP contribution in [0.15, 0.2) is 12.2 Å². The lowest BCUT2D eigenvalue weighted by Gasteiger charge is -2.25. The number of aliphatic hydroxyl groups excluding tert-OH is 2. The maximum atomic E-state index is 11.8. The van der Waals surface area contributed by atoms with Crippen LogP contribution in [0, 0.1) is 24.2 Å². The smallest absolute Gasteiger partial charge is 0.305 e. The van der Waals surface area contributed by atoms with Gasteiger partial charge in [0.1, 0.15) is 0 Å². The van der Waals surface area contributed by atoms with Crippen LogP contribution in [0.2, 0.25) is 0 Å². The molecule has 34 heavy (non-hydrogen) atoms. The first-order valence-electron chi connectivity index (χ1n) is 13.7. The van der Waals surface area contributed by atoms with E-state index in [2.05, 4.69) is 19.8 Å². The minimum Gasteiger partial charge on any atom is -0.466 e. The van der Waals surface area contributed by atoms with E-state index in [1.807, 2.05) is 12.2 Å². The molecule has 0 saturated heterocycles. The predicted molar refractivity (Wildman–Crippen MR) is 138 cm³/mol. The lowest BCUT2D eigenvalue weighted by molar-refractivity contribution is -0.143. The summed E-state index contributed by atoms with van der Waals surface area (Å²) < 4.78 is 5.28. The van der Waals surface area contributed by atoms with E-state index in [1.54, 1.807) is 0 Å². The summed E-state index contributed by atoms with van der Waals surface area (Å²) in [6, 6.07) is 0. The highest BCUT2D eigenvalue weighted by Crippen LogP contribution is 2.37. The molecule has 1 rings (SSSR count). The minimum absolute atomic E-state index is 0.0238. The quantitative estimate of drug-likeness (QED) is 0.0959. The van der Waals surface area contributed by atoms with E-state index in [1.165, 1.54) is 12.8 Å². The fourth-order valence-electron chi connectivity index (χ4n) is 4.97. The van der Waals surface area contributed by atoms with Crippen LogP contribution in [0.5, 0.6) is 0 Å². The lowest BCUT2D eigenvalue weighted by Crippen LogP contribution is -2.27. The Morgan fingerprint density at radius 3 is 2.44 bits per heavy atom. The first-order valence-corrected chi connectivity index (χ1v) is 13.7. The minimum atomic E-state index is -0.893. The first-order chi connectivity index (χ1) is 16.4. The second kappa shape index (κ2) is 18.0. The van der Waals surface area contributed by atoms with Gasteiger partial charge in [-0.25, -0.2) is 0 Å². The second-order valence-corrected chi connectivity index (χ2v) is 10.2. The van der Waals surface area contributed by atoms with Crippen molar-refractivity contribution in [1.29, 1.82) is 0 Å². The Hall–Kier alpha value is -1.35. The van der Waals surface area contributed by atoms with Gasteiger partial charge in [0.05, 0.1) is 24.4 Å². The molecule has 0 heterocycles. The Balaban J connectivity index is 2.35. The predicted octanol–water partition coefficient (Wildman–Crippen LogP) is 5.70. The van der Waals surface area contributed by atoms with Gasteiger partial charge in [-0.2, -0.15) is 0 Å². The monoisotopic (exact) mass is 478 g/mol. The Morgan fingerprint density at radius 1 is 1.03 bits per heavy atom. The maximum Gasteiger partial charge on any atom is 0.305 e. The summed E-state index contributed by atoms with van der Waals surface area (Å²) in [5.74, 6) is 2.41. The summed E-state index contributed by atoms with van der Waals surface area (Å²) in [6.45, 7) is 4.79. The highest BCUT2D eigenvalue weighted by Gasteiger charge is 2.39. The van der Waals surface area contributed by atoms with Gasteiger partial charge in [-0.3, -0.25) is 4.79 Å². The molecule has 0 aromatic carbocycles. The number of rotatable bonds is 19. The third-order valence-electron chi connectivity index (χ3n) is 7.13. The molecular formula is C29H50O5. The number of carbonyl (C=O) groups excluding carboxylic acids is 1. The van der Waals surface area contributed by atoms with Crippen molar-refractivity contribution in [3.8, 4) is 12.3 Å². The zero-order chi connectivity index (χ0) is 25.2. The van der Waals surface area contributed by atoms with Gasteiger partial charge in [0.25, 0.3) is 0 Å². The molecule has 0 aliphatic heterocycles. The molecule has 3 N–H and O–H groups in total. The number of ether oxygens (including phenoxy) is 1. The number of hydrogen-bond acceptors (Lipinski definition) is 5. The van der Waals surface area contributed by atoms with Crippen molar-refractivity contribution in [1.82, 2.24) is 0 Å². The molecule has 1 fully saturated rings. The van der Waals surface area contributed by atoms with Gasteiger partial charge >= 0.3 is 5.97 Å². The van der Waals surface area contributed by atoms with Crippen LogP contribution >= 0.6 is 0 Å². The van der Waals surface area contributed by atoms with Crippen molar-refractivity contribution >= 4 is 5.97 Å². The van der Waals surface area contributed by atoms with Crippen molar-refractivity contribution in [3.05, 3.63) is 12.2 Å². The first kappa shape index (κ1) is 30.7. The van der Waals surface area contributed by atoms with Crippen LogP contribution in [0.3, 0.4) is 0 Å². The van der Waals surface area contributed by atoms with E-state index in [0.717, 1.165) is 57.8 Å². The van der Waals surface area contributed by atoms with Crippen molar-refractivity contribution in [2.75, 3.05) is 6.61 Å². The molecule has 196 valence electrons. The molecule has 1 aliphatic carbocycles. The zero-order valence-electron chi connectivity index (χ0n) is 21.7. The fraction of sp³-hybridized carbons (Fsp3) is 0.828. The van der Waals surface area contributed by atoms with E-state index < -0.39 is 17.8 Å². The number of aliphatic hydroxyl groups is 3. The van der Waals surface area contributed by atoms with Crippen LogP contribution in [-0.2, 0) is 9.53 Å². The van der Waals surface area contributed by atoms with E-state index in [-0.39, 0.29) is 17.8 Å². The number of terminal acetylenes is 1. The van der Waals surface area contributed by atoms with E-state index >= 15 is 0 Å². The standard InChI is InChI=1S/C29H50O5/c1-4-7-9-14-22-34-28(32)18-13-11-10-12-16-24-25(27(31)23-26(24)30)17-15-21-29(33,19-6-3)20-8-5-2/h3,15,17,24-27,30-31,33H,4-5,7-14,16,18-23H2,1-2H3/t24-,25-,26+,27-,29?/m1/s1. The summed E-state index contributed by atoms with van der Waals surface area (Å²) in [7, 11) is 0. The highest BCUT2D eigenvalue weighted by molar-refractivity contribution is 5.69. The van der Waals surface area contributed by atoms with E-state index in [0.29, 0.717) is 38.7 Å². The molecule has 5 nitrogen and oxygen atoms in total. The summed E-state index contributed by atoms with van der Waals surface area (Å²) in [4.78, 5) is 11.8. The summed E-state index contributed by atoms with van der Waals surface area (Å²) in [5.41, 5.74) is -0.893. The van der Waals surface area contributed by atoms with Crippen molar-refractivity contribution < 1.29 is 24.9 Å². The topological polar surface area (TPSA) is 87.0 Å². The van der Waals surface area contributed by atoms with Gasteiger partial charge in [-0.1, -0.05) is 77.4 Å². The van der Waals surface area contributed by atoms with Crippen LogP contribution in [0.1, 0.15) is 117 Å². The van der Waals surface area contributed by atoms with E-state index in [9.17, 15) is 20.1 Å². The number of unbranched alkanes of at least 4 members (excludes halogenated alkanes) is 7. The average Bonchev–Trinajstić information content (AvgIpc) is 3.07. The van der Waals surface area contributed by atoms with Crippen LogP contribution in [0.25, 0.3) is 0 Å².